The number of sulfone groups is 1. The molecule has 0 fully saturated rings. The summed E-state index contributed by atoms with van der Waals surface area (Å²) in [5.74, 6) is 0.731. The van der Waals surface area contributed by atoms with E-state index in [1.807, 2.05) is 25.1 Å². The minimum atomic E-state index is -3.49. The summed E-state index contributed by atoms with van der Waals surface area (Å²) in [5, 5.41) is 3.89. The minimum Gasteiger partial charge on any atom is -0.368 e. The Hall–Kier alpha value is -4.35. The van der Waals surface area contributed by atoms with Crippen molar-refractivity contribution in [1.82, 2.24) is 24.5 Å². The van der Waals surface area contributed by atoms with Crippen molar-refractivity contribution in [2.24, 2.45) is 0 Å². The van der Waals surface area contributed by atoms with Gasteiger partial charge in [-0.3, -0.25) is 14.3 Å². The van der Waals surface area contributed by atoms with Gasteiger partial charge < -0.3 is 11.1 Å². The largest absolute Gasteiger partial charge is 0.368 e. The van der Waals surface area contributed by atoms with Crippen LogP contribution in [0.25, 0.3) is 27.7 Å². The number of nitrogen functional groups attached to an aromatic ring is 1. The molecule has 3 heterocycles. The smallest absolute Gasteiger partial charge is 0.267 e. The van der Waals surface area contributed by atoms with Gasteiger partial charge in [0.25, 0.3) is 5.56 Å². The highest BCUT2D eigenvalue weighted by Gasteiger charge is 2.21. The molecule has 0 amide bonds. The van der Waals surface area contributed by atoms with Crippen LogP contribution in [0, 0.1) is 0 Å². The van der Waals surface area contributed by atoms with Gasteiger partial charge in [-0.25, -0.2) is 18.4 Å². The number of fused-ring (bicyclic) bond motifs is 1. The molecule has 0 saturated heterocycles. The van der Waals surface area contributed by atoms with Crippen LogP contribution in [0.2, 0.25) is 5.02 Å². The lowest BCUT2D eigenvalue weighted by molar-refractivity contribution is 0.601. The van der Waals surface area contributed by atoms with Crippen LogP contribution in [0.15, 0.2) is 82.9 Å². The molecule has 0 bridgehead atoms. The predicted molar refractivity (Wildman–Crippen MR) is 147 cm³/mol. The average Bonchev–Trinajstić information content (AvgIpc) is 2.88. The van der Waals surface area contributed by atoms with Crippen molar-refractivity contribution in [1.29, 1.82) is 0 Å². The zero-order chi connectivity index (χ0) is 27.0. The van der Waals surface area contributed by atoms with Gasteiger partial charge in [-0.1, -0.05) is 35.9 Å². The fourth-order valence-electron chi connectivity index (χ4n) is 4.08. The number of hydrogen-bond acceptors (Lipinski definition) is 9. The molecule has 0 aliphatic carbocycles. The van der Waals surface area contributed by atoms with Gasteiger partial charge in [0.15, 0.2) is 9.84 Å². The van der Waals surface area contributed by atoms with E-state index >= 15 is 0 Å². The predicted octanol–water partition coefficient (Wildman–Crippen LogP) is 4.05. The summed E-state index contributed by atoms with van der Waals surface area (Å²) in [5.41, 5.74) is 7.59. The van der Waals surface area contributed by atoms with Crippen LogP contribution in [-0.2, 0) is 9.84 Å². The van der Waals surface area contributed by atoms with Crippen LogP contribution in [0.1, 0.15) is 18.8 Å². The summed E-state index contributed by atoms with van der Waals surface area (Å²) in [6.45, 7) is 1.82. The van der Waals surface area contributed by atoms with Crippen LogP contribution < -0.4 is 16.6 Å². The molecule has 12 heteroatoms. The van der Waals surface area contributed by atoms with E-state index in [-0.39, 0.29) is 16.4 Å². The van der Waals surface area contributed by atoms with E-state index in [4.69, 9.17) is 22.3 Å². The molecular formula is C26H22ClN7O3S. The highest BCUT2D eigenvalue weighted by Crippen LogP contribution is 2.31. The second-order valence-electron chi connectivity index (χ2n) is 8.62. The lowest BCUT2D eigenvalue weighted by Crippen LogP contribution is -2.27. The topological polar surface area (TPSA) is 146 Å². The van der Waals surface area contributed by atoms with Crippen molar-refractivity contribution in [2.45, 2.75) is 17.9 Å². The molecule has 2 aromatic carbocycles. The Bertz CT molecular complexity index is 1840. The molecule has 0 saturated carbocycles. The Kier molecular flexibility index (Phi) is 6.55. The lowest BCUT2D eigenvalue weighted by atomic mass is 10.1. The van der Waals surface area contributed by atoms with E-state index in [0.29, 0.717) is 44.4 Å². The third-order valence-corrected chi connectivity index (χ3v) is 7.28. The van der Waals surface area contributed by atoms with Crippen molar-refractivity contribution in [3.05, 3.63) is 94.4 Å². The fraction of sp³-hybridized carbons (Fsp3) is 0.115. The molecule has 5 rings (SSSR count). The lowest BCUT2D eigenvalue weighted by Gasteiger charge is -2.21. The molecule has 3 aromatic heterocycles. The summed E-state index contributed by atoms with van der Waals surface area (Å²) in [4.78, 5) is 31.0. The van der Waals surface area contributed by atoms with E-state index in [0.717, 1.165) is 6.26 Å². The number of pyridine rings is 1. The quantitative estimate of drug-likeness (QED) is 0.321. The Morgan fingerprint density at radius 2 is 1.79 bits per heavy atom. The Morgan fingerprint density at radius 3 is 2.53 bits per heavy atom. The summed E-state index contributed by atoms with van der Waals surface area (Å²) in [7, 11) is -3.49. The minimum absolute atomic E-state index is 0.00868. The number of nitrogens with two attached hydrogens (primary N) is 1. The first-order valence-corrected chi connectivity index (χ1v) is 13.7. The standard InChI is InChI=1S/C26H22ClN7O3S/c1-15(31-23-19(14-30-26(28)33-23)16-11-18(13-29-12-16)38(2,36)37)24-32-21-10-6-9-20(27)22(21)25(35)34(24)17-7-4-3-5-8-17/h3-15H,1-2H3,(H3,28,30,31,33)/t15-/m1/s1. The SMILES string of the molecule is C[C@@H](Nc1nc(N)ncc1-c1cncc(S(C)(=O)=O)c1)c1nc2cccc(Cl)c2c(=O)n1-c1ccccc1. The van der Waals surface area contributed by atoms with Crippen LogP contribution in [0.3, 0.4) is 0 Å². The number of para-hydroxylation sites is 1. The average molecular weight is 548 g/mol. The Labute approximate surface area is 223 Å². The van der Waals surface area contributed by atoms with Crippen molar-refractivity contribution < 1.29 is 8.42 Å². The number of aromatic nitrogens is 5. The van der Waals surface area contributed by atoms with E-state index in [1.165, 1.54) is 29.2 Å². The molecule has 0 radical (unpaired) electrons. The second-order valence-corrected chi connectivity index (χ2v) is 11.0. The van der Waals surface area contributed by atoms with Crippen molar-refractivity contribution in [3.8, 4) is 16.8 Å². The van der Waals surface area contributed by atoms with Crippen LogP contribution in [-0.4, -0.2) is 39.2 Å². The van der Waals surface area contributed by atoms with E-state index in [1.54, 1.807) is 30.3 Å². The molecule has 10 nitrogen and oxygen atoms in total. The third-order valence-electron chi connectivity index (χ3n) is 5.89. The van der Waals surface area contributed by atoms with Gasteiger partial charge in [-0.15, -0.1) is 0 Å². The zero-order valence-electron chi connectivity index (χ0n) is 20.3. The normalized spacial score (nSPS) is 12.4. The number of halogens is 1. The summed E-state index contributed by atoms with van der Waals surface area (Å²) in [6.07, 6.45) is 5.37. The van der Waals surface area contributed by atoms with E-state index < -0.39 is 15.9 Å². The summed E-state index contributed by atoms with van der Waals surface area (Å²) < 4.78 is 25.7. The molecule has 0 aliphatic heterocycles. The van der Waals surface area contributed by atoms with Crippen LogP contribution >= 0.6 is 11.6 Å². The third kappa shape index (κ3) is 4.81. The molecule has 38 heavy (non-hydrogen) atoms. The molecule has 5 aromatic rings. The maximum absolute atomic E-state index is 13.7. The number of nitrogens with one attached hydrogen (secondary N) is 1. The van der Waals surface area contributed by atoms with E-state index in [2.05, 4.69) is 20.3 Å². The highest BCUT2D eigenvalue weighted by molar-refractivity contribution is 7.90. The van der Waals surface area contributed by atoms with Gasteiger partial charge in [0, 0.05) is 36.0 Å². The molecule has 0 spiro atoms. The molecule has 0 aliphatic rings. The number of benzene rings is 2. The van der Waals surface area contributed by atoms with Crippen molar-refractivity contribution in [3.63, 3.8) is 0 Å². The van der Waals surface area contributed by atoms with Gasteiger partial charge in [0.2, 0.25) is 5.95 Å². The van der Waals surface area contributed by atoms with Crippen molar-refractivity contribution >= 4 is 44.1 Å². The molecule has 1 atom stereocenters. The second kappa shape index (κ2) is 9.84. The van der Waals surface area contributed by atoms with Gasteiger partial charge >= 0.3 is 0 Å². The monoisotopic (exact) mass is 547 g/mol. The van der Waals surface area contributed by atoms with E-state index in [9.17, 15) is 13.2 Å². The molecule has 0 unspecified atom stereocenters. The molecular weight excluding hydrogens is 526 g/mol. The Morgan fingerprint density at radius 1 is 1.03 bits per heavy atom. The number of anilines is 2. The maximum atomic E-state index is 13.7. The number of rotatable bonds is 6. The van der Waals surface area contributed by atoms with Gasteiger partial charge in [0.05, 0.1) is 32.6 Å². The first-order chi connectivity index (χ1) is 18.1. The molecule has 3 N–H and O–H groups in total. The van der Waals surface area contributed by atoms with Gasteiger partial charge in [-0.05, 0) is 37.3 Å². The van der Waals surface area contributed by atoms with Gasteiger partial charge in [-0.2, -0.15) is 4.98 Å². The summed E-state index contributed by atoms with van der Waals surface area (Å²) in [6, 6.07) is 15.1. The highest BCUT2D eigenvalue weighted by atomic mass is 35.5. The van der Waals surface area contributed by atoms with Crippen molar-refractivity contribution in [2.75, 3.05) is 17.3 Å². The first-order valence-electron chi connectivity index (χ1n) is 11.4. The first kappa shape index (κ1) is 25.3. The fourth-order valence-corrected chi connectivity index (χ4v) is 4.92. The maximum Gasteiger partial charge on any atom is 0.267 e. The summed E-state index contributed by atoms with van der Waals surface area (Å²) >= 11 is 6.39. The number of hydrogen-bond donors (Lipinski definition) is 2. The van der Waals surface area contributed by atoms with Gasteiger partial charge in [0.1, 0.15) is 11.6 Å². The Balaban J connectivity index is 1.66. The number of nitrogens with zero attached hydrogens (tertiary/aromatic N) is 5. The molecule has 192 valence electrons. The zero-order valence-corrected chi connectivity index (χ0v) is 21.9. The van der Waals surface area contributed by atoms with Crippen LogP contribution in [0.5, 0.6) is 0 Å². The van der Waals surface area contributed by atoms with Crippen LogP contribution in [0.4, 0.5) is 11.8 Å².